The summed E-state index contributed by atoms with van der Waals surface area (Å²) in [5.41, 5.74) is 0. The van der Waals surface area contributed by atoms with Crippen molar-refractivity contribution in [3.63, 3.8) is 0 Å². The first-order chi connectivity index (χ1) is 10.8. The zero-order chi connectivity index (χ0) is 15.2. The molecule has 3 rings (SSSR count). The smallest absolute Gasteiger partial charge is 0.224 e. The van der Waals surface area contributed by atoms with Crippen molar-refractivity contribution in [3.05, 3.63) is 30.7 Å². The quantitative estimate of drug-likeness (QED) is 0.779. The fourth-order valence-electron chi connectivity index (χ4n) is 2.65. The van der Waals surface area contributed by atoms with Gasteiger partial charge in [-0.15, -0.1) is 0 Å². The molecule has 22 heavy (non-hydrogen) atoms. The van der Waals surface area contributed by atoms with Gasteiger partial charge in [0.25, 0.3) is 0 Å². The Bertz CT molecular complexity index is 573. The molecule has 2 N–H and O–H groups in total. The van der Waals surface area contributed by atoms with Gasteiger partial charge in [0.1, 0.15) is 5.82 Å². The zero-order valence-corrected chi connectivity index (χ0v) is 12.6. The van der Waals surface area contributed by atoms with Crippen molar-refractivity contribution in [1.82, 2.24) is 19.7 Å². The highest BCUT2D eigenvalue weighted by molar-refractivity contribution is 5.43. The van der Waals surface area contributed by atoms with Crippen molar-refractivity contribution in [2.75, 3.05) is 29.9 Å². The summed E-state index contributed by atoms with van der Waals surface area (Å²) in [7, 11) is 0. The summed E-state index contributed by atoms with van der Waals surface area (Å²) in [6.45, 7) is 3.26. The molecular formula is C15H22N6O. The molecule has 118 valence electrons. The molecule has 1 aliphatic rings. The maximum absolute atomic E-state index is 9.77. The molecule has 1 saturated heterocycles. The summed E-state index contributed by atoms with van der Waals surface area (Å²) in [5, 5.41) is 17.2. The molecule has 0 radical (unpaired) electrons. The molecule has 2 aromatic heterocycles. The van der Waals surface area contributed by atoms with Gasteiger partial charge in [-0.1, -0.05) is 0 Å². The van der Waals surface area contributed by atoms with E-state index in [0.717, 1.165) is 44.7 Å². The molecule has 3 heterocycles. The van der Waals surface area contributed by atoms with Crippen LogP contribution in [0.25, 0.3) is 0 Å². The van der Waals surface area contributed by atoms with E-state index in [1.54, 1.807) is 12.4 Å². The summed E-state index contributed by atoms with van der Waals surface area (Å²) < 4.78 is 1.91. The average molecular weight is 302 g/mol. The van der Waals surface area contributed by atoms with Crippen molar-refractivity contribution in [3.8, 4) is 0 Å². The number of aryl methyl sites for hydroxylation is 1. The Morgan fingerprint density at radius 2 is 2.32 bits per heavy atom. The van der Waals surface area contributed by atoms with Crippen LogP contribution in [0.1, 0.15) is 19.3 Å². The van der Waals surface area contributed by atoms with Crippen molar-refractivity contribution >= 4 is 11.8 Å². The minimum atomic E-state index is -0.255. The van der Waals surface area contributed by atoms with E-state index < -0.39 is 0 Å². The van der Waals surface area contributed by atoms with Gasteiger partial charge in [0.15, 0.2) is 0 Å². The third kappa shape index (κ3) is 3.94. The van der Waals surface area contributed by atoms with Crippen LogP contribution in [0.5, 0.6) is 0 Å². The molecule has 0 aliphatic carbocycles. The van der Waals surface area contributed by atoms with E-state index in [0.29, 0.717) is 12.5 Å². The van der Waals surface area contributed by atoms with Crippen molar-refractivity contribution < 1.29 is 5.11 Å². The normalized spacial score (nSPS) is 18.4. The van der Waals surface area contributed by atoms with Gasteiger partial charge >= 0.3 is 0 Å². The van der Waals surface area contributed by atoms with E-state index in [2.05, 4.69) is 25.3 Å². The molecule has 2 aromatic rings. The Morgan fingerprint density at radius 3 is 3.14 bits per heavy atom. The number of nitrogens with one attached hydrogen (secondary N) is 1. The Labute approximate surface area is 130 Å². The molecule has 0 amide bonds. The van der Waals surface area contributed by atoms with E-state index in [1.807, 2.05) is 23.0 Å². The van der Waals surface area contributed by atoms with E-state index in [-0.39, 0.29) is 6.10 Å². The number of hydrogen-bond acceptors (Lipinski definition) is 6. The highest BCUT2D eigenvalue weighted by Gasteiger charge is 2.19. The van der Waals surface area contributed by atoms with Crippen LogP contribution in [0.15, 0.2) is 30.7 Å². The molecule has 1 atom stereocenters. The number of β-amino-alcohol motifs (C(OH)–C–C–N with tert-alkyl or cyclic N) is 1. The van der Waals surface area contributed by atoms with Crippen LogP contribution in [0, 0.1) is 0 Å². The maximum Gasteiger partial charge on any atom is 0.224 e. The Balaban J connectivity index is 1.50. The number of nitrogens with zero attached hydrogens (tertiary/aromatic N) is 5. The van der Waals surface area contributed by atoms with Gasteiger partial charge < -0.3 is 15.3 Å². The lowest BCUT2D eigenvalue weighted by Crippen LogP contribution is -2.38. The second kappa shape index (κ2) is 7.22. The standard InChI is InChI=1S/C15H22N6O/c22-13-4-1-9-20(12-13)14-5-8-17-15(19-14)16-6-2-10-21-11-3-7-18-21/h3,5,7-8,11,13,22H,1-2,4,6,9-10,12H2,(H,16,17,19). The van der Waals surface area contributed by atoms with Gasteiger partial charge in [0, 0.05) is 44.8 Å². The minimum Gasteiger partial charge on any atom is -0.391 e. The molecular weight excluding hydrogens is 280 g/mol. The van der Waals surface area contributed by atoms with Gasteiger partial charge in [-0.05, 0) is 31.4 Å². The van der Waals surface area contributed by atoms with Crippen LogP contribution in [0.2, 0.25) is 0 Å². The fraction of sp³-hybridized carbons (Fsp3) is 0.533. The number of anilines is 2. The van der Waals surface area contributed by atoms with Gasteiger partial charge in [0.2, 0.25) is 5.95 Å². The van der Waals surface area contributed by atoms with Crippen LogP contribution in [0.3, 0.4) is 0 Å². The van der Waals surface area contributed by atoms with Crippen molar-refractivity contribution in [2.45, 2.75) is 31.9 Å². The summed E-state index contributed by atoms with van der Waals surface area (Å²) >= 11 is 0. The number of rotatable bonds is 6. The SMILES string of the molecule is OC1CCCN(c2ccnc(NCCCn3cccn3)n2)C1. The van der Waals surface area contributed by atoms with Gasteiger partial charge in [-0.25, -0.2) is 4.98 Å². The maximum atomic E-state index is 9.77. The number of aliphatic hydroxyl groups excluding tert-OH is 1. The van der Waals surface area contributed by atoms with E-state index >= 15 is 0 Å². The Kier molecular flexibility index (Phi) is 4.85. The highest BCUT2D eigenvalue weighted by Crippen LogP contribution is 2.18. The number of hydrogen-bond donors (Lipinski definition) is 2. The Morgan fingerprint density at radius 1 is 1.36 bits per heavy atom. The summed E-state index contributed by atoms with van der Waals surface area (Å²) in [6, 6.07) is 3.82. The van der Waals surface area contributed by atoms with Gasteiger partial charge in [-0.3, -0.25) is 4.68 Å². The molecule has 0 spiro atoms. The summed E-state index contributed by atoms with van der Waals surface area (Å²) in [6.07, 6.45) is 8.08. The van der Waals surface area contributed by atoms with Crippen molar-refractivity contribution in [2.24, 2.45) is 0 Å². The predicted molar refractivity (Wildman–Crippen MR) is 84.8 cm³/mol. The topological polar surface area (TPSA) is 79.1 Å². The van der Waals surface area contributed by atoms with E-state index in [4.69, 9.17) is 0 Å². The molecule has 0 bridgehead atoms. The van der Waals surface area contributed by atoms with Crippen LogP contribution in [-0.2, 0) is 6.54 Å². The van der Waals surface area contributed by atoms with Crippen LogP contribution >= 0.6 is 0 Å². The van der Waals surface area contributed by atoms with E-state index in [1.165, 1.54) is 0 Å². The lowest BCUT2D eigenvalue weighted by molar-refractivity contribution is 0.154. The van der Waals surface area contributed by atoms with Gasteiger partial charge in [-0.2, -0.15) is 10.1 Å². The van der Waals surface area contributed by atoms with E-state index in [9.17, 15) is 5.11 Å². The monoisotopic (exact) mass is 302 g/mol. The first kappa shape index (κ1) is 14.8. The molecule has 7 nitrogen and oxygen atoms in total. The first-order valence-electron chi connectivity index (χ1n) is 7.78. The largest absolute Gasteiger partial charge is 0.391 e. The summed E-state index contributed by atoms with van der Waals surface area (Å²) in [5.74, 6) is 1.52. The third-order valence-electron chi connectivity index (χ3n) is 3.77. The fourth-order valence-corrected chi connectivity index (χ4v) is 2.65. The average Bonchev–Trinajstić information content (AvgIpc) is 3.05. The number of piperidine rings is 1. The molecule has 0 aromatic carbocycles. The molecule has 1 fully saturated rings. The first-order valence-corrected chi connectivity index (χ1v) is 7.78. The summed E-state index contributed by atoms with van der Waals surface area (Å²) in [4.78, 5) is 10.9. The number of aliphatic hydroxyl groups is 1. The lowest BCUT2D eigenvalue weighted by atomic mass is 10.1. The van der Waals surface area contributed by atoms with Crippen molar-refractivity contribution in [1.29, 1.82) is 0 Å². The third-order valence-corrected chi connectivity index (χ3v) is 3.77. The number of aromatic nitrogens is 4. The molecule has 0 saturated carbocycles. The molecule has 1 unspecified atom stereocenters. The van der Waals surface area contributed by atoms with Gasteiger partial charge in [0.05, 0.1) is 6.10 Å². The molecule has 1 aliphatic heterocycles. The lowest BCUT2D eigenvalue weighted by Gasteiger charge is -2.31. The van der Waals surface area contributed by atoms with Crippen LogP contribution in [-0.4, -0.2) is 50.6 Å². The highest BCUT2D eigenvalue weighted by atomic mass is 16.3. The second-order valence-electron chi connectivity index (χ2n) is 5.53. The minimum absolute atomic E-state index is 0.255. The molecule has 7 heteroatoms. The predicted octanol–water partition coefficient (Wildman–Crippen LogP) is 1.14. The second-order valence-corrected chi connectivity index (χ2v) is 5.53. The van der Waals surface area contributed by atoms with Crippen LogP contribution in [0.4, 0.5) is 11.8 Å². The zero-order valence-electron chi connectivity index (χ0n) is 12.6. The van der Waals surface area contributed by atoms with Crippen LogP contribution < -0.4 is 10.2 Å². The Hall–Kier alpha value is -2.15.